The second-order valence-corrected chi connectivity index (χ2v) is 20.5. The number of fused-ring (bicyclic) bond motifs is 2. The van der Waals surface area contributed by atoms with Gasteiger partial charge in [0.15, 0.2) is 12.2 Å². The second kappa shape index (κ2) is 27.6. The highest BCUT2D eigenvalue weighted by Crippen LogP contribution is 2.35. The number of hydrogen-bond donors (Lipinski definition) is 0. The molecule has 14 heteroatoms. The molecule has 0 N–H and O–H groups in total. The Hall–Kier alpha value is -7.22. The van der Waals surface area contributed by atoms with Gasteiger partial charge in [-0.1, -0.05) is 137 Å². The van der Waals surface area contributed by atoms with Crippen LogP contribution in [0.5, 0.6) is 11.5 Å². The molecule has 0 radical (unpaired) electrons. The fraction of sp³-hybridized carbons (Fsp3) is 0.385. The summed E-state index contributed by atoms with van der Waals surface area (Å²) in [4.78, 5) is 50.7. The predicted octanol–water partition coefficient (Wildman–Crippen LogP) is 16.3. The van der Waals surface area contributed by atoms with E-state index in [2.05, 4.69) is 31.2 Å². The fourth-order valence-electron chi connectivity index (χ4n) is 9.80. The Bertz CT molecular complexity index is 2980. The zero-order chi connectivity index (χ0) is 56.7. The third-order valence-electron chi connectivity index (χ3n) is 14.6. The van der Waals surface area contributed by atoms with Crippen molar-refractivity contribution in [2.24, 2.45) is 11.8 Å². The lowest BCUT2D eigenvalue weighted by atomic mass is 9.84. The van der Waals surface area contributed by atoms with Gasteiger partial charge in [0, 0.05) is 0 Å². The molecule has 0 aliphatic heterocycles. The maximum Gasteiger partial charge on any atom is 0.425 e. The molecular weight excluding hydrogens is 1020 g/mol. The van der Waals surface area contributed by atoms with Gasteiger partial charge in [0.2, 0.25) is 0 Å². The third kappa shape index (κ3) is 16.9. The quantitative estimate of drug-likeness (QED) is 0.0342. The minimum absolute atomic E-state index is 0.206. The van der Waals surface area contributed by atoms with Crippen molar-refractivity contribution in [1.82, 2.24) is 0 Å². The van der Waals surface area contributed by atoms with Crippen LogP contribution in [0.4, 0.5) is 26.3 Å². The Kier molecular flexibility index (Phi) is 20.8. The standard InChI is InChI=1S/C34H37F3O4.C31H31F3O4/c1-3-5-6-7-8-31(34(35,36)37)41-33(39)29-18-17-28-22-30(20-19-27(28)21-29)40-32(38)26-15-13-25(14-16-26)24-11-9-23(4-2)10-12-24;1-3-4-5-28(31(32,33)34)38-30(36)26-15-14-25-19-27(17-16-24(25)18-26)37-29(35)23-12-10-22(11-13-23)21-8-6-20(2)7-9-21/h9-16,19-20,22,29,31H,3-8,17-18,21H2,1-2H3;6-13,16-17,19,26,28H,3-5,14-15,18H2,1-2H3. The average Bonchev–Trinajstić information content (AvgIpc) is 3.46. The van der Waals surface area contributed by atoms with Gasteiger partial charge in [-0.3, -0.25) is 9.59 Å². The highest BCUT2D eigenvalue weighted by molar-refractivity contribution is 5.92. The Balaban J connectivity index is 0.000000229. The summed E-state index contributed by atoms with van der Waals surface area (Å²) >= 11 is 0. The molecule has 0 amide bonds. The van der Waals surface area contributed by atoms with Crippen LogP contribution in [-0.4, -0.2) is 48.4 Å². The molecule has 79 heavy (non-hydrogen) atoms. The van der Waals surface area contributed by atoms with Crippen LogP contribution in [0.3, 0.4) is 0 Å². The topological polar surface area (TPSA) is 105 Å². The van der Waals surface area contributed by atoms with E-state index in [1.165, 1.54) is 11.1 Å². The molecule has 2 aliphatic rings. The zero-order valence-corrected chi connectivity index (χ0v) is 45.2. The smallest absolute Gasteiger partial charge is 0.425 e. The molecule has 0 heterocycles. The summed E-state index contributed by atoms with van der Waals surface area (Å²) in [5, 5.41) is 0. The summed E-state index contributed by atoms with van der Waals surface area (Å²) < 4.78 is 101. The van der Waals surface area contributed by atoms with Gasteiger partial charge in [-0.15, -0.1) is 0 Å². The van der Waals surface area contributed by atoms with E-state index in [0.29, 0.717) is 86.8 Å². The van der Waals surface area contributed by atoms with Crippen molar-refractivity contribution in [2.75, 3.05) is 0 Å². The van der Waals surface area contributed by atoms with Crippen LogP contribution in [0, 0.1) is 18.8 Å². The van der Waals surface area contributed by atoms with E-state index in [1.54, 1.807) is 67.6 Å². The van der Waals surface area contributed by atoms with Crippen molar-refractivity contribution in [2.45, 2.75) is 149 Å². The predicted molar refractivity (Wildman–Crippen MR) is 292 cm³/mol. The molecule has 6 aromatic rings. The van der Waals surface area contributed by atoms with Gasteiger partial charge < -0.3 is 18.9 Å². The Morgan fingerprint density at radius 3 is 1.27 bits per heavy atom. The number of aryl methyl sites for hydroxylation is 4. The van der Waals surface area contributed by atoms with Crippen LogP contribution in [0.1, 0.15) is 139 Å². The van der Waals surface area contributed by atoms with Crippen molar-refractivity contribution in [3.8, 4) is 33.8 Å². The zero-order valence-electron chi connectivity index (χ0n) is 45.2. The number of rotatable bonds is 19. The maximum absolute atomic E-state index is 13.5. The highest BCUT2D eigenvalue weighted by atomic mass is 19.4. The van der Waals surface area contributed by atoms with Gasteiger partial charge in [0.1, 0.15) is 11.5 Å². The van der Waals surface area contributed by atoms with Crippen molar-refractivity contribution in [3.05, 3.63) is 178 Å². The lowest BCUT2D eigenvalue weighted by Crippen LogP contribution is -2.37. The average molecular weight is 1090 g/mol. The first-order valence-corrected chi connectivity index (χ1v) is 27.4. The molecular formula is C65H68F6O8. The first kappa shape index (κ1) is 59.4. The molecule has 0 aromatic heterocycles. The molecule has 8 nitrogen and oxygen atoms in total. The number of unbranched alkanes of at least 4 members (excludes halogenated alkanes) is 4. The molecule has 0 bridgehead atoms. The van der Waals surface area contributed by atoms with E-state index >= 15 is 0 Å². The summed E-state index contributed by atoms with van der Waals surface area (Å²) in [6.45, 7) is 7.92. The minimum atomic E-state index is -4.58. The molecule has 4 atom stereocenters. The summed E-state index contributed by atoms with van der Waals surface area (Å²) in [5.74, 6) is -3.06. The lowest BCUT2D eigenvalue weighted by Gasteiger charge is -2.27. The largest absolute Gasteiger partial charge is 0.452 e. The van der Waals surface area contributed by atoms with Gasteiger partial charge in [0.25, 0.3) is 0 Å². The number of esters is 4. The molecule has 0 fully saturated rings. The number of hydrogen-bond acceptors (Lipinski definition) is 8. The monoisotopic (exact) mass is 1090 g/mol. The van der Waals surface area contributed by atoms with Gasteiger partial charge in [-0.25, -0.2) is 9.59 Å². The first-order valence-electron chi connectivity index (χ1n) is 27.4. The summed E-state index contributed by atoms with van der Waals surface area (Å²) in [7, 11) is 0. The van der Waals surface area contributed by atoms with Crippen molar-refractivity contribution in [3.63, 3.8) is 0 Å². The molecule has 8 rings (SSSR count). The maximum atomic E-state index is 13.5. The molecule has 0 saturated heterocycles. The fourth-order valence-corrected chi connectivity index (χ4v) is 9.80. The van der Waals surface area contributed by atoms with Crippen LogP contribution in [0.15, 0.2) is 133 Å². The first-order chi connectivity index (χ1) is 37.8. The van der Waals surface area contributed by atoms with Crippen LogP contribution in [0.25, 0.3) is 22.3 Å². The van der Waals surface area contributed by atoms with Crippen molar-refractivity contribution >= 4 is 23.9 Å². The van der Waals surface area contributed by atoms with Gasteiger partial charge in [-0.05, 0) is 176 Å². The molecule has 418 valence electrons. The highest BCUT2D eigenvalue weighted by Gasteiger charge is 2.44. The number of alkyl halides is 6. The van der Waals surface area contributed by atoms with E-state index < -0.39 is 60.3 Å². The van der Waals surface area contributed by atoms with E-state index in [1.807, 2.05) is 62.4 Å². The Morgan fingerprint density at radius 1 is 0.481 bits per heavy atom. The van der Waals surface area contributed by atoms with Crippen LogP contribution in [0.2, 0.25) is 0 Å². The van der Waals surface area contributed by atoms with Crippen molar-refractivity contribution < 1.29 is 64.5 Å². The van der Waals surface area contributed by atoms with E-state index in [9.17, 15) is 45.5 Å². The van der Waals surface area contributed by atoms with E-state index in [4.69, 9.17) is 18.9 Å². The molecule has 6 aromatic carbocycles. The molecule has 0 spiro atoms. The van der Waals surface area contributed by atoms with Gasteiger partial charge in [0.05, 0.1) is 23.0 Å². The SMILES string of the molecule is CCCCC(OC(=O)C1CCc2cc(OC(=O)c3ccc(-c4ccc(C)cc4)cc3)ccc2C1)C(F)(F)F.CCCCCCC(OC(=O)C1CCc2cc(OC(=O)c3ccc(-c4ccc(CC)cc4)cc3)ccc2C1)C(F)(F)F. The van der Waals surface area contributed by atoms with Crippen LogP contribution in [-0.2, 0) is 51.2 Å². The van der Waals surface area contributed by atoms with E-state index in [0.717, 1.165) is 63.8 Å². The van der Waals surface area contributed by atoms with Gasteiger partial charge in [-0.2, -0.15) is 26.3 Å². The summed E-state index contributed by atoms with van der Waals surface area (Å²) in [6, 6.07) is 41.2. The molecule has 2 aliphatic carbocycles. The summed E-state index contributed by atoms with van der Waals surface area (Å²) in [5.41, 5.74) is 10.9. The Morgan fingerprint density at radius 2 is 0.873 bits per heavy atom. The number of benzene rings is 6. The molecule has 4 unspecified atom stereocenters. The molecule has 0 saturated carbocycles. The van der Waals surface area contributed by atoms with E-state index in [-0.39, 0.29) is 12.8 Å². The number of halogens is 6. The lowest BCUT2D eigenvalue weighted by molar-refractivity contribution is -0.225. The minimum Gasteiger partial charge on any atom is -0.452 e. The third-order valence-corrected chi connectivity index (χ3v) is 14.6. The van der Waals surface area contributed by atoms with Crippen molar-refractivity contribution in [1.29, 1.82) is 0 Å². The summed E-state index contributed by atoms with van der Waals surface area (Å²) in [6.07, 6.45) is -6.66. The van der Waals surface area contributed by atoms with Crippen LogP contribution < -0.4 is 9.47 Å². The Labute approximate surface area is 458 Å². The number of carbonyl (C=O) groups excluding carboxylic acids is 4. The second-order valence-electron chi connectivity index (χ2n) is 20.5. The van der Waals surface area contributed by atoms with Gasteiger partial charge >= 0.3 is 36.2 Å². The normalized spacial score (nSPS) is 15.7. The number of ether oxygens (including phenoxy) is 4. The van der Waals surface area contributed by atoms with Crippen LogP contribution >= 0.6 is 0 Å². The number of carbonyl (C=O) groups is 4.